The molecule has 0 aliphatic carbocycles. The molecule has 1 amide bonds. The molecule has 2 rings (SSSR count). The number of hydrogen-bond donors (Lipinski definition) is 2. The molecule has 0 aliphatic heterocycles. The molecular formula is C13H14N4O4. The zero-order valence-electron chi connectivity index (χ0n) is 11.7. The lowest BCUT2D eigenvalue weighted by Gasteiger charge is -2.03. The first-order valence-electron chi connectivity index (χ1n) is 6.06. The minimum Gasteiger partial charge on any atom is -0.507 e. The fraction of sp³-hybridized carbons (Fsp3) is 0.231. The Morgan fingerprint density at radius 2 is 2.24 bits per heavy atom. The number of rotatable bonds is 3. The van der Waals surface area contributed by atoms with Crippen LogP contribution in [0.3, 0.4) is 0 Å². The minimum absolute atomic E-state index is 0.0907. The summed E-state index contributed by atoms with van der Waals surface area (Å²) in [6.07, 6.45) is 2.91. The Bertz CT molecular complexity index is 773. The molecule has 8 nitrogen and oxygen atoms in total. The van der Waals surface area contributed by atoms with Crippen molar-refractivity contribution < 1.29 is 14.3 Å². The molecule has 21 heavy (non-hydrogen) atoms. The second-order valence-electron chi connectivity index (χ2n) is 4.45. The number of carbonyl (C=O) groups is 1. The summed E-state index contributed by atoms with van der Waals surface area (Å²) >= 11 is 0. The van der Waals surface area contributed by atoms with Gasteiger partial charge in [0.1, 0.15) is 17.1 Å². The molecule has 2 N–H and O–H groups in total. The van der Waals surface area contributed by atoms with Crippen molar-refractivity contribution in [3.05, 3.63) is 45.8 Å². The van der Waals surface area contributed by atoms with Gasteiger partial charge in [0.2, 0.25) is 0 Å². The van der Waals surface area contributed by atoms with Crippen LogP contribution in [0.15, 0.2) is 32.8 Å². The van der Waals surface area contributed by atoms with Crippen LogP contribution in [0.2, 0.25) is 0 Å². The first-order valence-corrected chi connectivity index (χ1v) is 6.06. The molecule has 2 aromatic rings. The maximum Gasteiger partial charge on any atom is 0.348 e. The molecule has 0 radical (unpaired) electrons. The van der Waals surface area contributed by atoms with E-state index in [0.29, 0.717) is 5.56 Å². The Balaban J connectivity index is 2.22. The summed E-state index contributed by atoms with van der Waals surface area (Å²) in [6, 6.07) is 1.30. The van der Waals surface area contributed by atoms with Crippen LogP contribution in [0.1, 0.15) is 28.6 Å². The van der Waals surface area contributed by atoms with Crippen molar-refractivity contribution in [1.82, 2.24) is 15.2 Å². The van der Waals surface area contributed by atoms with Crippen molar-refractivity contribution in [3.8, 4) is 5.75 Å². The zero-order chi connectivity index (χ0) is 15.6. The third-order valence-electron chi connectivity index (χ3n) is 2.71. The average molecular weight is 290 g/mol. The second kappa shape index (κ2) is 5.61. The van der Waals surface area contributed by atoms with E-state index < -0.39 is 11.5 Å². The summed E-state index contributed by atoms with van der Waals surface area (Å²) in [5, 5.41) is 17.4. The van der Waals surface area contributed by atoms with E-state index in [1.807, 2.05) is 0 Å². The summed E-state index contributed by atoms with van der Waals surface area (Å²) in [6.45, 7) is 3.02. The normalized spacial score (nSPS) is 11.5. The fourth-order valence-electron chi connectivity index (χ4n) is 1.72. The van der Waals surface area contributed by atoms with E-state index in [1.54, 1.807) is 14.0 Å². The van der Waals surface area contributed by atoms with Gasteiger partial charge >= 0.3 is 5.63 Å². The van der Waals surface area contributed by atoms with Crippen molar-refractivity contribution in [3.63, 3.8) is 0 Å². The highest BCUT2D eigenvalue weighted by molar-refractivity contribution is 6.02. The lowest BCUT2D eigenvalue weighted by atomic mass is 10.2. The third-order valence-corrected chi connectivity index (χ3v) is 2.71. The Labute approximate surface area is 119 Å². The van der Waals surface area contributed by atoms with E-state index in [2.05, 4.69) is 15.6 Å². The number of hydrogen-bond acceptors (Lipinski definition) is 6. The van der Waals surface area contributed by atoms with Gasteiger partial charge in [0.05, 0.1) is 17.5 Å². The third kappa shape index (κ3) is 3.16. The lowest BCUT2D eigenvalue weighted by Crippen LogP contribution is -2.21. The quantitative estimate of drug-likeness (QED) is 0.633. The van der Waals surface area contributed by atoms with Crippen molar-refractivity contribution in [1.29, 1.82) is 0 Å². The molecule has 0 atom stereocenters. The van der Waals surface area contributed by atoms with Gasteiger partial charge in [0.25, 0.3) is 5.91 Å². The maximum absolute atomic E-state index is 11.8. The molecule has 0 aliphatic rings. The first kappa shape index (κ1) is 14.5. The van der Waals surface area contributed by atoms with Gasteiger partial charge in [-0.1, -0.05) is 0 Å². The molecule has 0 unspecified atom stereocenters. The van der Waals surface area contributed by atoms with E-state index in [0.717, 1.165) is 0 Å². The van der Waals surface area contributed by atoms with Crippen molar-refractivity contribution >= 4 is 11.6 Å². The van der Waals surface area contributed by atoms with Crippen molar-refractivity contribution in [2.45, 2.75) is 13.8 Å². The van der Waals surface area contributed by atoms with Crippen LogP contribution in [0.25, 0.3) is 0 Å². The lowest BCUT2D eigenvalue weighted by molar-refractivity contribution is 0.0954. The van der Waals surface area contributed by atoms with Crippen LogP contribution in [0.4, 0.5) is 0 Å². The van der Waals surface area contributed by atoms with E-state index in [1.165, 1.54) is 30.1 Å². The molecular weight excluding hydrogens is 276 g/mol. The molecule has 0 fully saturated rings. The maximum atomic E-state index is 11.8. The predicted molar refractivity (Wildman–Crippen MR) is 74.3 cm³/mol. The monoisotopic (exact) mass is 290 g/mol. The van der Waals surface area contributed by atoms with E-state index in [-0.39, 0.29) is 22.8 Å². The van der Waals surface area contributed by atoms with E-state index in [4.69, 9.17) is 4.42 Å². The summed E-state index contributed by atoms with van der Waals surface area (Å²) < 4.78 is 6.36. The fourth-order valence-corrected chi connectivity index (χ4v) is 1.72. The number of aromatic hydroxyl groups is 1. The Hall–Kier alpha value is -2.90. The molecule has 0 aromatic carbocycles. The van der Waals surface area contributed by atoms with Gasteiger partial charge in [-0.2, -0.15) is 10.2 Å². The van der Waals surface area contributed by atoms with Gasteiger partial charge in [-0.15, -0.1) is 0 Å². The van der Waals surface area contributed by atoms with E-state index in [9.17, 15) is 14.7 Å². The highest BCUT2D eigenvalue weighted by Gasteiger charge is 2.14. The zero-order valence-corrected chi connectivity index (χ0v) is 11.7. The topological polar surface area (TPSA) is 110 Å². The van der Waals surface area contributed by atoms with Crippen molar-refractivity contribution in [2.75, 3.05) is 0 Å². The van der Waals surface area contributed by atoms with Gasteiger partial charge < -0.3 is 9.52 Å². The number of aromatic nitrogens is 2. The molecule has 0 spiro atoms. The number of nitrogens with one attached hydrogen (secondary N) is 1. The number of aryl methyl sites for hydroxylation is 2. The van der Waals surface area contributed by atoms with Crippen LogP contribution >= 0.6 is 0 Å². The SMILES string of the molecule is CC(=NNC(=O)c1cnn(C)c1)c1c(O)cc(C)oc1=O. The Morgan fingerprint density at radius 1 is 1.52 bits per heavy atom. The smallest absolute Gasteiger partial charge is 0.348 e. The van der Waals surface area contributed by atoms with Gasteiger partial charge in [-0.3, -0.25) is 9.48 Å². The second-order valence-corrected chi connectivity index (χ2v) is 4.45. The van der Waals surface area contributed by atoms with Gasteiger partial charge in [0, 0.05) is 19.3 Å². The van der Waals surface area contributed by atoms with Crippen LogP contribution in [-0.2, 0) is 7.05 Å². The van der Waals surface area contributed by atoms with Crippen LogP contribution in [0.5, 0.6) is 5.75 Å². The van der Waals surface area contributed by atoms with Crippen molar-refractivity contribution in [2.24, 2.45) is 12.1 Å². The van der Waals surface area contributed by atoms with Crippen LogP contribution in [0, 0.1) is 6.92 Å². The van der Waals surface area contributed by atoms with Gasteiger partial charge in [-0.05, 0) is 13.8 Å². The summed E-state index contributed by atoms with van der Waals surface area (Å²) in [5.41, 5.74) is 1.94. The molecule has 0 saturated carbocycles. The Kier molecular flexibility index (Phi) is 3.88. The molecule has 110 valence electrons. The first-order chi connectivity index (χ1) is 9.88. The highest BCUT2D eigenvalue weighted by Crippen LogP contribution is 2.15. The number of carbonyl (C=O) groups excluding carboxylic acids is 1. The van der Waals surface area contributed by atoms with Crippen LogP contribution in [-0.4, -0.2) is 26.5 Å². The highest BCUT2D eigenvalue weighted by atomic mass is 16.4. The summed E-state index contributed by atoms with van der Waals surface area (Å²) in [4.78, 5) is 23.5. The molecule has 0 saturated heterocycles. The average Bonchev–Trinajstić information content (AvgIpc) is 2.81. The number of hydrazone groups is 1. The predicted octanol–water partition coefficient (Wildman–Crippen LogP) is 0.541. The number of amides is 1. The Morgan fingerprint density at radius 3 is 2.81 bits per heavy atom. The number of nitrogens with zero attached hydrogens (tertiary/aromatic N) is 3. The summed E-state index contributed by atoms with van der Waals surface area (Å²) in [7, 11) is 1.68. The standard InChI is InChI=1S/C13H14N4O4/c1-7-4-10(18)11(13(20)21-7)8(2)15-16-12(19)9-5-14-17(3)6-9/h4-6,18H,1-3H3,(H,16,19). The van der Waals surface area contributed by atoms with Gasteiger partial charge in [-0.25, -0.2) is 10.2 Å². The molecule has 2 aromatic heterocycles. The van der Waals surface area contributed by atoms with E-state index >= 15 is 0 Å². The van der Waals surface area contributed by atoms with Gasteiger partial charge in [0.15, 0.2) is 0 Å². The largest absolute Gasteiger partial charge is 0.507 e. The molecule has 0 bridgehead atoms. The minimum atomic E-state index is -0.718. The molecule has 2 heterocycles. The van der Waals surface area contributed by atoms with Crippen LogP contribution < -0.4 is 11.1 Å². The summed E-state index contributed by atoms with van der Waals surface area (Å²) in [5.74, 6) is -0.437. The molecule has 8 heteroatoms.